The van der Waals surface area contributed by atoms with Gasteiger partial charge in [-0.15, -0.1) is 0 Å². The molecule has 0 fully saturated rings. The number of carbonyl (C=O) groups excluding carboxylic acids is 1. The van der Waals surface area contributed by atoms with Crippen LogP contribution in [0, 0.1) is 31.0 Å². The highest BCUT2D eigenvalue weighted by Gasteiger charge is 2.20. The number of nitrogens with one attached hydrogen (secondary N) is 1. The minimum Gasteiger partial charge on any atom is -0.396 e. The van der Waals surface area contributed by atoms with Gasteiger partial charge in [0.15, 0.2) is 0 Å². The largest absolute Gasteiger partial charge is 0.396 e. The average Bonchev–Trinajstić information content (AvgIpc) is 2.69. The van der Waals surface area contributed by atoms with Crippen molar-refractivity contribution in [1.82, 2.24) is 0 Å². The van der Waals surface area contributed by atoms with Crippen LogP contribution in [0.2, 0.25) is 5.02 Å². The molecule has 0 aliphatic rings. The zero-order valence-electron chi connectivity index (χ0n) is 16.0. The number of aryl methyl sites for hydroxylation is 2. The lowest BCUT2D eigenvalue weighted by Crippen LogP contribution is -2.16. The van der Waals surface area contributed by atoms with Gasteiger partial charge in [-0.3, -0.25) is 4.79 Å². The molecule has 3 N–H and O–H groups in total. The Hall–Kier alpha value is -3.36. The molecule has 1 atom stereocenters. The van der Waals surface area contributed by atoms with E-state index >= 15 is 0 Å². The van der Waals surface area contributed by atoms with Crippen LogP contribution < -0.4 is 11.1 Å². The first-order chi connectivity index (χ1) is 13.8. The number of carbonyl (C=O) groups is 1. The first-order valence-electron chi connectivity index (χ1n) is 8.93. The molecular weight excluding hydrogens is 389 g/mol. The number of benzene rings is 3. The Morgan fingerprint density at radius 3 is 2.52 bits per heavy atom. The highest BCUT2D eigenvalue weighted by molar-refractivity contribution is 6.32. The normalized spacial score (nSPS) is 11.6. The summed E-state index contributed by atoms with van der Waals surface area (Å²) in [5, 5.41) is 12.8. The molecule has 0 heterocycles. The molecule has 0 saturated heterocycles. The van der Waals surface area contributed by atoms with Crippen molar-refractivity contribution in [2.45, 2.75) is 19.8 Å². The number of anilines is 2. The first kappa shape index (κ1) is 20.4. The summed E-state index contributed by atoms with van der Waals surface area (Å²) in [7, 11) is 0. The van der Waals surface area contributed by atoms with Crippen molar-refractivity contribution >= 4 is 28.9 Å². The summed E-state index contributed by atoms with van der Waals surface area (Å²) < 4.78 is 13.6. The number of rotatable bonds is 4. The van der Waals surface area contributed by atoms with Gasteiger partial charge in [0, 0.05) is 10.7 Å². The fraction of sp³-hybridized carbons (Fsp3) is 0.130. The van der Waals surface area contributed by atoms with Crippen LogP contribution in [0.15, 0.2) is 54.6 Å². The molecule has 146 valence electrons. The van der Waals surface area contributed by atoms with E-state index in [1.165, 1.54) is 18.2 Å². The van der Waals surface area contributed by atoms with Crippen molar-refractivity contribution in [3.05, 3.63) is 93.3 Å². The third-order valence-corrected chi connectivity index (χ3v) is 5.07. The number of nitriles is 1. The lowest BCUT2D eigenvalue weighted by molar-refractivity contribution is 0.102. The molecular formula is C23H19ClFN3O. The van der Waals surface area contributed by atoms with E-state index in [2.05, 4.69) is 11.4 Å². The maximum absolute atomic E-state index is 13.6. The second kappa shape index (κ2) is 8.34. The monoisotopic (exact) mass is 407 g/mol. The van der Waals surface area contributed by atoms with E-state index in [1.54, 1.807) is 19.1 Å². The predicted octanol–water partition coefficient (Wildman–Crippen LogP) is 5.59. The quantitative estimate of drug-likeness (QED) is 0.553. The van der Waals surface area contributed by atoms with Crippen LogP contribution in [0.25, 0.3) is 0 Å². The van der Waals surface area contributed by atoms with E-state index in [0.29, 0.717) is 16.3 Å². The fourth-order valence-electron chi connectivity index (χ4n) is 3.07. The van der Waals surface area contributed by atoms with E-state index in [0.717, 1.165) is 16.7 Å². The number of hydrogen-bond donors (Lipinski definition) is 2. The summed E-state index contributed by atoms with van der Waals surface area (Å²) in [5.74, 6) is -1.73. The Labute approximate surface area is 173 Å². The van der Waals surface area contributed by atoms with E-state index in [4.69, 9.17) is 17.3 Å². The molecule has 29 heavy (non-hydrogen) atoms. The number of para-hydroxylation sites is 1. The minimum atomic E-state index is -0.655. The fourth-order valence-corrected chi connectivity index (χ4v) is 3.34. The summed E-state index contributed by atoms with van der Waals surface area (Å²) in [5.41, 5.74) is 9.27. The average molecular weight is 408 g/mol. The van der Waals surface area contributed by atoms with Crippen LogP contribution in [0.1, 0.15) is 38.5 Å². The van der Waals surface area contributed by atoms with Crippen LogP contribution in [0.3, 0.4) is 0 Å². The summed E-state index contributed by atoms with van der Waals surface area (Å²) in [6.07, 6.45) is 0. The summed E-state index contributed by atoms with van der Waals surface area (Å²) in [6, 6.07) is 17.4. The minimum absolute atomic E-state index is 0.0409. The van der Waals surface area contributed by atoms with Crippen molar-refractivity contribution in [3.8, 4) is 6.07 Å². The van der Waals surface area contributed by atoms with Crippen LogP contribution >= 0.6 is 11.6 Å². The third-order valence-electron chi connectivity index (χ3n) is 4.74. The number of nitrogens with zero attached hydrogens (tertiary/aromatic N) is 1. The SMILES string of the molecule is Cc1ccc(C(C#N)c2cc(C)c(NC(=O)c3cccc(F)c3N)cc2Cl)cc1. The molecule has 4 nitrogen and oxygen atoms in total. The molecule has 0 bridgehead atoms. The predicted molar refractivity (Wildman–Crippen MR) is 114 cm³/mol. The van der Waals surface area contributed by atoms with E-state index < -0.39 is 17.6 Å². The van der Waals surface area contributed by atoms with Gasteiger partial charge in [-0.25, -0.2) is 4.39 Å². The molecule has 3 aromatic rings. The van der Waals surface area contributed by atoms with Crippen molar-refractivity contribution < 1.29 is 9.18 Å². The topological polar surface area (TPSA) is 78.9 Å². The number of halogens is 2. The van der Waals surface area contributed by atoms with Gasteiger partial charge in [0.05, 0.1) is 23.2 Å². The second-order valence-electron chi connectivity index (χ2n) is 6.82. The summed E-state index contributed by atoms with van der Waals surface area (Å²) in [4.78, 5) is 12.5. The molecule has 0 radical (unpaired) electrons. The maximum Gasteiger partial charge on any atom is 0.257 e. The molecule has 1 unspecified atom stereocenters. The molecule has 0 aliphatic heterocycles. The molecule has 0 saturated carbocycles. The summed E-state index contributed by atoms with van der Waals surface area (Å²) in [6.45, 7) is 3.78. The van der Waals surface area contributed by atoms with Gasteiger partial charge >= 0.3 is 0 Å². The summed E-state index contributed by atoms with van der Waals surface area (Å²) >= 11 is 6.45. The van der Waals surface area contributed by atoms with Crippen LogP contribution in [-0.2, 0) is 0 Å². The number of nitrogens with two attached hydrogens (primary N) is 1. The van der Waals surface area contributed by atoms with Crippen molar-refractivity contribution in [3.63, 3.8) is 0 Å². The van der Waals surface area contributed by atoms with Gasteiger partial charge in [0.1, 0.15) is 5.82 Å². The Morgan fingerprint density at radius 1 is 1.17 bits per heavy atom. The van der Waals surface area contributed by atoms with Gasteiger partial charge in [-0.1, -0.05) is 53.6 Å². The molecule has 0 spiro atoms. The smallest absolute Gasteiger partial charge is 0.257 e. The Balaban J connectivity index is 1.93. The molecule has 0 aliphatic carbocycles. The molecule has 3 aromatic carbocycles. The van der Waals surface area contributed by atoms with Gasteiger partial charge in [-0.2, -0.15) is 5.26 Å². The number of amides is 1. The molecule has 1 amide bonds. The Kier molecular flexibility index (Phi) is 5.86. The first-order valence-corrected chi connectivity index (χ1v) is 9.31. The van der Waals surface area contributed by atoms with Crippen LogP contribution in [0.4, 0.5) is 15.8 Å². The van der Waals surface area contributed by atoms with E-state index in [1.807, 2.05) is 31.2 Å². The highest BCUT2D eigenvalue weighted by atomic mass is 35.5. The van der Waals surface area contributed by atoms with Crippen molar-refractivity contribution in [1.29, 1.82) is 5.26 Å². The standard InChI is InChI=1S/C23H19ClFN3O/c1-13-6-8-15(9-7-13)18(12-26)17-10-14(2)21(11-19(17)24)28-23(29)16-4-3-5-20(25)22(16)27/h3-11,18H,27H2,1-2H3,(H,28,29). The highest BCUT2D eigenvalue weighted by Crippen LogP contribution is 2.34. The third kappa shape index (κ3) is 4.23. The van der Waals surface area contributed by atoms with Crippen LogP contribution in [0.5, 0.6) is 0 Å². The number of nitrogen functional groups attached to an aromatic ring is 1. The Bertz CT molecular complexity index is 1120. The van der Waals surface area contributed by atoms with Crippen LogP contribution in [-0.4, -0.2) is 5.91 Å². The van der Waals surface area contributed by atoms with Gasteiger partial charge in [0.2, 0.25) is 0 Å². The zero-order chi connectivity index (χ0) is 21.1. The van der Waals surface area contributed by atoms with Crippen molar-refractivity contribution in [2.24, 2.45) is 0 Å². The molecule has 6 heteroatoms. The van der Waals surface area contributed by atoms with E-state index in [9.17, 15) is 14.4 Å². The van der Waals surface area contributed by atoms with Gasteiger partial charge in [-0.05, 0) is 48.7 Å². The Morgan fingerprint density at radius 2 is 1.86 bits per heavy atom. The van der Waals surface area contributed by atoms with Gasteiger partial charge < -0.3 is 11.1 Å². The lowest BCUT2D eigenvalue weighted by Gasteiger charge is -2.16. The van der Waals surface area contributed by atoms with E-state index in [-0.39, 0.29) is 11.3 Å². The number of hydrogen-bond acceptors (Lipinski definition) is 3. The molecule has 0 aromatic heterocycles. The second-order valence-corrected chi connectivity index (χ2v) is 7.22. The van der Waals surface area contributed by atoms with Crippen molar-refractivity contribution in [2.75, 3.05) is 11.1 Å². The molecule has 3 rings (SSSR count). The van der Waals surface area contributed by atoms with Gasteiger partial charge in [0.25, 0.3) is 5.91 Å². The zero-order valence-corrected chi connectivity index (χ0v) is 16.7. The maximum atomic E-state index is 13.6. The lowest BCUT2D eigenvalue weighted by atomic mass is 9.90.